The monoisotopic (exact) mass is 212 g/mol. The summed E-state index contributed by atoms with van der Waals surface area (Å²) in [6.07, 6.45) is 4.66. The molecule has 0 aromatic heterocycles. The van der Waals surface area contributed by atoms with Crippen molar-refractivity contribution in [2.45, 2.75) is 44.6 Å². The van der Waals surface area contributed by atoms with Crippen molar-refractivity contribution in [2.24, 2.45) is 5.92 Å². The lowest BCUT2D eigenvalue weighted by Crippen LogP contribution is -2.36. The van der Waals surface area contributed by atoms with Crippen molar-refractivity contribution < 1.29 is 14.3 Å². The minimum atomic E-state index is -0.474. The van der Waals surface area contributed by atoms with E-state index in [9.17, 15) is 4.79 Å². The molecule has 0 radical (unpaired) electrons. The second-order valence-corrected chi connectivity index (χ2v) is 4.87. The molecular weight excluding hydrogens is 192 g/mol. The normalized spacial score (nSPS) is 33.1. The van der Waals surface area contributed by atoms with Crippen LogP contribution in [-0.2, 0) is 14.3 Å². The number of rotatable bonds is 3. The Hall–Kier alpha value is -0.410. The number of Topliss-reactive ketones (excluding diaryl/α,β-unsaturated/α-hetero) is 1. The molecule has 0 amide bonds. The van der Waals surface area contributed by atoms with Crippen molar-refractivity contribution >= 4 is 5.78 Å². The third-order valence-electron chi connectivity index (χ3n) is 3.62. The van der Waals surface area contributed by atoms with E-state index in [2.05, 4.69) is 0 Å². The number of hydrogen-bond acceptors (Lipinski definition) is 3. The number of carbonyl (C=O) groups is 1. The smallest absolute Gasteiger partial charge is 0.164 e. The Labute approximate surface area is 91.1 Å². The van der Waals surface area contributed by atoms with E-state index >= 15 is 0 Å². The van der Waals surface area contributed by atoms with Gasteiger partial charge >= 0.3 is 0 Å². The zero-order valence-electron chi connectivity index (χ0n) is 9.46. The summed E-state index contributed by atoms with van der Waals surface area (Å²) in [6, 6.07) is 0. The summed E-state index contributed by atoms with van der Waals surface area (Å²) in [5.74, 6) is 0.819. The zero-order chi connectivity index (χ0) is 10.7. The summed E-state index contributed by atoms with van der Waals surface area (Å²) in [5, 5.41) is 0. The first-order valence-corrected chi connectivity index (χ1v) is 5.96. The van der Waals surface area contributed by atoms with Gasteiger partial charge in [-0.3, -0.25) is 4.79 Å². The minimum absolute atomic E-state index is 0.298. The lowest BCUT2D eigenvalue weighted by atomic mass is 9.87. The van der Waals surface area contributed by atoms with Gasteiger partial charge in [-0.25, -0.2) is 0 Å². The van der Waals surface area contributed by atoms with Crippen LogP contribution in [0.1, 0.15) is 39.0 Å². The van der Waals surface area contributed by atoms with Crippen LogP contribution in [0.3, 0.4) is 0 Å². The molecule has 0 saturated carbocycles. The molecule has 2 aliphatic heterocycles. The van der Waals surface area contributed by atoms with Crippen LogP contribution in [0, 0.1) is 5.92 Å². The largest absolute Gasteiger partial charge is 0.381 e. The average molecular weight is 212 g/mol. The molecule has 2 fully saturated rings. The lowest BCUT2D eigenvalue weighted by Gasteiger charge is -2.26. The Balaban J connectivity index is 1.85. The third-order valence-corrected chi connectivity index (χ3v) is 3.62. The lowest BCUT2D eigenvalue weighted by molar-refractivity contribution is -0.138. The van der Waals surface area contributed by atoms with Crippen LogP contribution in [0.2, 0.25) is 0 Å². The predicted octanol–water partition coefficient (Wildman–Crippen LogP) is 1.94. The van der Waals surface area contributed by atoms with Gasteiger partial charge in [-0.2, -0.15) is 0 Å². The van der Waals surface area contributed by atoms with E-state index in [1.807, 2.05) is 6.92 Å². The van der Waals surface area contributed by atoms with E-state index in [4.69, 9.17) is 9.47 Å². The van der Waals surface area contributed by atoms with Gasteiger partial charge in [0, 0.05) is 26.2 Å². The number of ether oxygens (including phenoxy) is 2. The first-order chi connectivity index (χ1) is 7.21. The molecule has 0 bridgehead atoms. The molecule has 3 nitrogen and oxygen atoms in total. The molecule has 0 spiro atoms. The summed E-state index contributed by atoms with van der Waals surface area (Å²) < 4.78 is 10.9. The van der Waals surface area contributed by atoms with E-state index in [0.29, 0.717) is 18.1 Å². The van der Waals surface area contributed by atoms with E-state index in [-0.39, 0.29) is 0 Å². The van der Waals surface area contributed by atoms with Crippen LogP contribution in [0.5, 0.6) is 0 Å². The maximum atomic E-state index is 12.1. The zero-order valence-corrected chi connectivity index (χ0v) is 9.46. The Morgan fingerprint density at radius 2 is 2.07 bits per heavy atom. The van der Waals surface area contributed by atoms with Gasteiger partial charge in [0.15, 0.2) is 5.78 Å². The molecular formula is C12H20O3. The molecule has 2 heterocycles. The summed E-state index contributed by atoms with van der Waals surface area (Å²) in [7, 11) is 0. The van der Waals surface area contributed by atoms with Gasteiger partial charge < -0.3 is 9.47 Å². The van der Waals surface area contributed by atoms with Gasteiger partial charge in [-0.05, 0) is 38.5 Å². The molecule has 0 aromatic rings. The Kier molecular flexibility index (Phi) is 3.42. The molecule has 1 atom stereocenters. The van der Waals surface area contributed by atoms with Crippen molar-refractivity contribution in [2.75, 3.05) is 19.8 Å². The van der Waals surface area contributed by atoms with Gasteiger partial charge in [0.05, 0.1) is 0 Å². The second-order valence-electron chi connectivity index (χ2n) is 4.87. The SMILES string of the molecule is CC1(C(=O)CC2CCOCC2)CCCO1. The molecule has 0 aromatic carbocycles. The third kappa shape index (κ3) is 2.58. The Bertz CT molecular complexity index is 225. The molecule has 0 aliphatic carbocycles. The molecule has 15 heavy (non-hydrogen) atoms. The van der Waals surface area contributed by atoms with Crippen LogP contribution >= 0.6 is 0 Å². The van der Waals surface area contributed by atoms with E-state index in [1.165, 1.54) is 0 Å². The molecule has 2 saturated heterocycles. The average Bonchev–Trinajstić information content (AvgIpc) is 2.68. The fraction of sp³-hybridized carbons (Fsp3) is 0.917. The van der Waals surface area contributed by atoms with Crippen molar-refractivity contribution in [1.29, 1.82) is 0 Å². The minimum Gasteiger partial charge on any atom is -0.381 e. The number of ketones is 1. The van der Waals surface area contributed by atoms with Crippen LogP contribution in [0.15, 0.2) is 0 Å². The second kappa shape index (κ2) is 4.62. The topological polar surface area (TPSA) is 35.5 Å². The van der Waals surface area contributed by atoms with Crippen molar-refractivity contribution in [3.63, 3.8) is 0 Å². The molecule has 2 aliphatic rings. The first-order valence-electron chi connectivity index (χ1n) is 5.96. The van der Waals surface area contributed by atoms with Crippen molar-refractivity contribution in [3.05, 3.63) is 0 Å². The van der Waals surface area contributed by atoms with Gasteiger partial charge in [0.2, 0.25) is 0 Å². The number of hydrogen-bond donors (Lipinski definition) is 0. The maximum Gasteiger partial charge on any atom is 0.164 e. The first kappa shape index (κ1) is 11.1. The fourth-order valence-electron chi connectivity index (χ4n) is 2.43. The van der Waals surface area contributed by atoms with Gasteiger partial charge in [0.1, 0.15) is 5.60 Å². The van der Waals surface area contributed by atoms with Gasteiger partial charge in [-0.15, -0.1) is 0 Å². The van der Waals surface area contributed by atoms with E-state index < -0.39 is 5.60 Å². The van der Waals surface area contributed by atoms with Crippen LogP contribution in [0.4, 0.5) is 0 Å². The molecule has 3 heteroatoms. The highest BCUT2D eigenvalue weighted by Gasteiger charge is 2.38. The standard InChI is InChI=1S/C12H20O3/c1-12(5-2-6-15-12)11(13)9-10-3-7-14-8-4-10/h10H,2-9H2,1H3. The molecule has 86 valence electrons. The molecule has 0 N–H and O–H groups in total. The Morgan fingerprint density at radius 3 is 2.67 bits per heavy atom. The highest BCUT2D eigenvalue weighted by atomic mass is 16.5. The highest BCUT2D eigenvalue weighted by Crippen LogP contribution is 2.30. The predicted molar refractivity (Wildman–Crippen MR) is 56.8 cm³/mol. The highest BCUT2D eigenvalue weighted by molar-refractivity contribution is 5.87. The van der Waals surface area contributed by atoms with Crippen molar-refractivity contribution in [1.82, 2.24) is 0 Å². The van der Waals surface area contributed by atoms with E-state index in [0.717, 1.165) is 45.5 Å². The molecule has 2 rings (SSSR count). The van der Waals surface area contributed by atoms with Crippen LogP contribution in [0.25, 0.3) is 0 Å². The maximum absolute atomic E-state index is 12.1. The Morgan fingerprint density at radius 1 is 1.33 bits per heavy atom. The van der Waals surface area contributed by atoms with E-state index in [1.54, 1.807) is 0 Å². The summed E-state index contributed by atoms with van der Waals surface area (Å²) >= 11 is 0. The summed E-state index contributed by atoms with van der Waals surface area (Å²) in [6.45, 7) is 4.32. The van der Waals surface area contributed by atoms with Gasteiger partial charge in [-0.1, -0.05) is 0 Å². The quantitative estimate of drug-likeness (QED) is 0.717. The van der Waals surface area contributed by atoms with Crippen LogP contribution < -0.4 is 0 Å². The molecule has 1 unspecified atom stereocenters. The number of carbonyl (C=O) groups excluding carboxylic acids is 1. The van der Waals surface area contributed by atoms with Crippen molar-refractivity contribution in [3.8, 4) is 0 Å². The van der Waals surface area contributed by atoms with Crippen LogP contribution in [-0.4, -0.2) is 31.2 Å². The fourth-order valence-corrected chi connectivity index (χ4v) is 2.43. The van der Waals surface area contributed by atoms with Gasteiger partial charge in [0.25, 0.3) is 0 Å². The summed E-state index contributed by atoms with van der Waals surface area (Å²) in [5.41, 5.74) is -0.474. The summed E-state index contributed by atoms with van der Waals surface area (Å²) in [4.78, 5) is 12.1.